The molecule has 0 aliphatic heterocycles. The predicted molar refractivity (Wildman–Crippen MR) is 126 cm³/mol. The van der Waals surface area contributed by atoms with Crippen LogP contribution in [0.2, 0.25) is 0 Å². The van der Waals surface area contributed by atoms with E-state index in [2.05, 4.69) is 34.6 Å². The summed E-state index contributed by atoms with van der Waals surface area (Å²) in [6.45, 7) is 0.526. The molecule has 1 heterocycles. The molecule has 0 atom stereocenters. The minimum Gasteiger partial charge on any atom is -0.352 e. The van der Waals surface area contributed by atoms with Crippen molar-refractivity contribution in [1.29, 1.82) is 0 Å². The van der Waals surface area contributed by atoms with Crippen LogP contribution >= 0.6 is 12.2 Å². The van der Waals surface area contributed by atoms with Gasteiger partial charge in [0, 0.05) is 25.1 Å². The summed E-state index contributed by atoms with van der Waals surface area (Å²) in [4.78, 5) is 28.1. The number of carbonyl (C=O) groups is 1. The lowest BCUT2D eigenvalue weighted by molar-refractivity contribution is 0.0953. The molecule has 0 radical (unpaired) electrons. The van der Waals surface area contributed by atoms with E-state index in [0.29, 0.717) is 27.8 Å². The molecule has 4 rings (SSSR count). The molecule has 6 heteroatoms. The number of carbonyl (C=O) groups excluding carboxylic acids is 1. The Morgan fingerprint density at radius 2 is 1.61 bits per heavy atom. The van der Waals surface area contributed by atoms with Gasteiger partial charge in [-0.25, -0.2) is 0 Å². The van der Waals surface area contributed by atoms with Gasteiger partial charge in [-0.15, -0.1) is 0 Å². The van der Waals surface area contributed by atoms with E-state index in [1.54, 1.807) is 25.2 Å². The first-order valence-corrected chi connectivity index (χ1v) is 10.6. The fraction of sp³-hybridized carbons (Fsp3) is 0.160. The van der Waals surface area contributed by atoms with Crippen molar-refractivity contribution in [3.05, 3.63) is 111 Å². The number of aromatic nitrogens is 2. The Labute approximate surface area is 185 Å². The Morgan fingerprint density at radius 1 is 1.00 bits per heavy atom. The van der Waals surface area contributed by atoms with Crippen molar-refractivity contribution >= 4 is 29.0 Å². The van der Waals surface area contributed by atoms with E-state index in [1.165, 1.54) is 15.7 Å². The summed E-state index contributed by atoms with van der Waals surface area (Å²) in [6.07, 6.45) is 0.774. The molecule has 1 amide bonds. The van der Waals surface area contributed by atoms with E-state index in [4.69, 9.17) is 12.2 Å². The van der Waals surface area contributed by atoms with Gasteiger partial charge in [0.2, 0.25) is 0 Å². The van der Waals surface area contributed by atoms with Gasteiger partial charge >= 0.3 is 0 Å². The normalized spacial score (nSPS) is 11.0. The number of H-pyrrole nitrogens is 1. The van der Waals surface area contributed by atoms with E-state index < -0.39 is 0 Å². The van der Waals surface area contributed by atoms with Crippen LogP contribution in [0.15, 0.2) is 83.7 Å². The molecule has 0 unspecified atom stereocenters. The van der Waals surface area contributed by atoms with E-state index in [0.717, 1.165) is 6.42 Å². The third-order valence-corrected chi connectivity index (χ3v) is 5.86. The molecule has 31 heavy (non-hydrogen) atoms. The highest BCUT2D eigenvalue weighted by molar-refractivity contribution is 7.71. The van der Waals surface area contributed by atoms with Gasteiger partial charge in [-0.05, 0) is 48.0 Å². The lowest BCUT2D eigenvalue weighted by Gasteiger charge is -2.18. The molecule has 0 saturated carbocycles. The Bertz CT molecular complexity index is 1290. The number of aromatic amines is 1. The number of hydrogen-bond acceptors (Lipinski definition) is 3. The number of nitrogens with one attached hydrogen (secondary N) is 2. The largest absolute Gasteiger partial charge is 0.352 e. The van der Waals surface area contributed by atoms with Crippen molar-refractivity contribution in [2.24, 2.45) is 7.05 Å². The quantitative estimate of drug-likeness (QED) is 0.442. The second-order valence-corrected chi connectivity index (χ2v) is 7.86. The van der Waals surface area contributed by atoms with Gasteiger partial charge in [0.15, 0.2) is 4.77 Å². The van der Waals surface area contributed by atoms with Crippen molar-refractivity contribution in [1.82, 2.24) is 14.9 Å². The number of hydrogen-bond donors (Lipinski definition) is 2. The van der Waals surface area contributed by atoms with E-state index >= 15 is 0 Å². The summed E-state index contributed by atoms with van der Waals surface area (Å²) >= 11 is 5.18. The minimum atomic E-state index is -0.181. The summed E-state index contributed by atoms with van der Waals surface area (Å²) in [6, 6.07) is 25.6. The molecule has 0 bridgehead atoms. The molecule has 0 saturated heterocycles. The molecule has 0 spiro atoms. The highest BCUT2D eigenvalue weighted by Crippen LogP contribution is 2.27. The second-order valence-electron chi connectivity index (χ2n) is 7.47. The average molecular weight is 430 g/mol. The molecule has 2 N–H and O–H groups in total. The zero-order valence-corrected chi connectivity index (χ0v) is 18.0. The highest BCUT2D eigenvalue weighted by atomic mass is 32.1. The van der Waals surface area contributed by atoms with E-state index in [-0.39, 0.29) is 17.4 Å². The van der Waals surface area contributed by atoms with Gasteiger partial charge in [-0.2, -0.15) is 0 Å². The Hall–Kier alpha value is -3.51. The first-order chi connectivity index (χ1) is 15.0. The van der Waals surface area contributed by atoms with Crippen molar-refractivity contribution in [3.63, 3.8) is 0 Å². The molecule has 4 aromatic rings. The van der Waals surface area contributed by atoms with Crippen LogP contribution in [-0.4, -0.2) is 22.0 Å². The van der Waals surface area contributed by atoms with Crippen LogP contribution in [-0.2, 0) is 7.05 Å². The molecule has 0 aliphatic rings. The summed E-state index contributed by atoms with van der Waals surface area (Å²) in [5, 5.41) is 3.51. The van der Waals surface area contributed by atoms with E-state index in [9.17, 15) is 9.59 Å². The zero-order chi connectivity index (χ0) is 21.8. The second kappa shape index (κ2) is 9.10. The minimum absolute atomic E-state index is 0.179. The first kappa shape index (κ1) is 20.8. The van der Waals surface area contributed by atoms with Crippen LogP contribution in [0.1, 0.15) is 33.8 Å². The SMILES string of the molecule is Cn1c(=S)[nH]c2cc(C(=O)NCCC(c3ccccc3)c3ccccc3)ccc2c1=O. The van der Waals surface area contributed by atoms with Crippen LogP contribution in [0.3, 0.4) is 0 Å². The summed E-state index contributed by atoms with van der Waals surface area (Å²) < 4.78 is 1.70. The van der Waals surface area contributed by atoms with Gasteiger partial charge in [0.1, 0.15) is 0 Å². The smallest absolute Gasteiger partial charge is 0.261 e. The number of benzene rings is 3. The maximum atomic E-state index is 12.7. The van der Waals surface area contributed by atoms with Gasteiger partial charge in [-0.3, -0.25) is 14.2 Å². The lowest BCUT2D eigenvalue weighted by Crippen LogP contribution is -2.26. The molecular weight excluding hydrogens is 406 g/mol. The third kappa shape index (κ3) is 4.49. The molecule has 5 nitrogen and oxygen atoms in total. The first-order valence-electron chi connectivity index (χ1n) is 10.2. The van der Waals surface area contributed by atoms with Crippen molar-refractivity contribution < 1.29 is 4.79 Å². The van der Waals surface area contributed by atoms with Crippen LogP contribution in [0.4, 0.5) is 0 Å². The Morgan fingerprint density at radius 3 is 2.23 bits per heavy atom. The zero-order valence-electron chi connectivity index (χ0n) is 17.2. The maximum Gasteiger partial charge on any atom is 0.261 e. The fourth-order valence-corrected chi connectivity index (χ4v) is 3.97. The summed E-state index contributed by atoms with van der Waals surface area (Å²) in [7, 11) is 1.62. The standard InChI is InChI=1S/C25H23N3O2S/c1-28-24(30)21-13-12-19(16-22(21)27-25(28)31)23(29)26-15-14-20(17-8-4-2-5-9-17)18-10-6-3-7-11-18/h2-13,16,20H,14-15H2,1H3,(H,26,29)(H,27,31). The van der Waals surface area contributed by atoms with Crippen LogP contribution in [0.25, 0.3) is 10.9 Å². The van der Waals surface area contributed by atoms with Crippen molar-refractivity contribution in [2.45, 2.75) is 12.3 Å². The molecule has 0 aliphatic carbocycles. The Balaban J connectivity index is 1.50. The van der Waals surface area contributed by atoms with Crippen LogP contribution < -0.4 is 10.9 Å². The van der Waals surface area contributed by atoms with Crippen LogP contribution in [0, 0.1) is 4.77 Å². The lowest BCUT2D eigenvalue weighted by atomic mass is 9.88. The molecule has 0 fully saturated rings. The predicted octanol–water partition coefficient (Wildman–Crippen LogP) is 4.55. The van der Waals surface area contributed by atoms with Gasteiger partial charge in [-0.1, -0.05) is 60.7 Å². The Kier molecular flexibility index (Phi) is 6.09. The van der Waals surface area contributed by atoms with Crippen molar-refractivity contribution in [3.8, 4) is 0 Å². The number of nitrogens with zero attached hydrogens (tertiary/aromatic N) is 1. The monoisotopic (exact) mass is 429 g/mol. The molecule has 3 aromatic carbocycles. The maximum absolute atomic E-state index is 12.7. The summed E-state index contributed by atoms with van der Waals surface area (Å²) in [5.41, 5.74) is 3.31. The molecule has 156 valence electrons. The van der Waals surface area contributed by atoms with Gasteiger partial charge in [0.05, 0.1) is 10.9 Å². The third-order valence-electron chi connectivity index (χ3n) is 5.49. The van der Waals surface area contributed by atoms with Crippen molar-refractivity contribution in [2.75, 3.05) is 6.54 Å². The van der Waals surface area contributed by atoms with E-state index in [1.807, 2.05) is 36.4 Å². The van der Waals surface area contributed by atoms with Gasteiger partial charge in [0.25, 0.3) is 11.5 Å². The van der Waals surface area contributed by atoms with Crippen LogP contribution in [0.5, 0.6) is 0 Å². The van der Waals surface area contributed by atoms with Gasteiger partial charge < -0.3 is 10.3 Å². The average Bonchev–Trinajstić information content (AvgIpc) is 2.81. The highest BCUT2D eigenvalue weighted by Gasteiger charge is 2.15. The summed E-state index contributed by atoms with van der Waals surface area (Å²) in [5.74, 6) is 0.0141. The molecule has 1 aromatic heterocycles. The number of amides is 1. The fourth-order valence-electron chi connectivity index (χ4n) is 3.78. The number of fused-ring (bicyclic) bond motifs is 1. The number of rotatable bonds is 6. The molecular formula is C25H23N3O2S. The topological polar surface area (TPSA) is 66.9 Å².